The molecule has 1 rings (SSSR count). The van der Waals surface area contributed by atoms with Gasteiger partial charge in [0.15, 0.2) is 12.1 Å². The Balaban J connectivity index is 2.56. The van der Waals surface area contributed by atoms with E-state index in [4.69, 9.17) is 0 Å². The number of Topliss-reactive ketones (excluding diaryl/α,β-unsaturated/α-hetero) is 1. The van der Waals surface area contributed by atoms with E-state index in [1.54, 1.807) is 0 Å². The maximum atomic E-state index is 10.5. The van der Waals surface area contributed by atoms with E-state index in [0.29, 0.717) is 6.29 Å². The van der Waals surface area contributed by atoms with E-state index in [2.05, 4.69) is 0 Å². The van der Waals surface area contributed by atoms with Gasteiger partial charge in [0.1, 0.15) is 0 Å². The molecule has 0 fully saturated rings. The van der Waals surface area contributed by atoms with Crippen molar-refractivity contribution >= 4 is 23.4 Å². The highest BCUT2D eigenvalue weighted by molar-refractivity contribution is 7.10. The first-order valence-electron chi connectivity index (χ1n) is 2.83. The van der Waals surface area contributed by atoms with Crippen LogP contribution in [0.15, 0.2) is 17.5 Å². The van der Waals surface area contributed by atoms with Gasteiger partial charge in [0.2, 0.25) is 0 Å². The molecule has 0 spiro atoms. The molecule has 0 unspecified atom stereocenters. The fourth-order valence-electron chi connectivity index (χ4n) is 0.627. The molecule has 0 saturated heterocycles. The fraction of sp³-hybridized carbons (Fsp3) is 0.143. The monoisotopic (exact) mass is 154 g/mol. The van der Waals surface area contributed by atoms with E-state index in [1.807, 2.05) is 17.5 Å². The topological polar surface area (TPSA) is 34.1 Å². The average Bonchev–Trinajstić information content (AvgIpc) is 2.40. The second-order valence-corrected chi connectivity index (χ2v) is 2.87. The second kappa shape index (κ2) is 3.27. The zero-order valence-corrected chi connectivity index (χ0v) is 6.06. The number of hydrogen-bond donors (Lipinski definition) is 0. The Bertz CT molecular complexity index is 226. The molecule has 0 N–H and O–H groups in total. The van der Waals surface area contributed by atoms with Gasteiger partial charge in [-0.15, -0.1) is 11.3 Å². The molecule has 0 aliphatic heterocycles. The summed E-state index contributed by atoms with van der Waals surface area (Å²) in [6, 6.07) is 3.70. The molecule has 1 aromatic heterocycles. The Kier molecular flexibility index (Phi) is 2.34. The number of thiophene rings is 1. The standard InChI is InChI=1S/C7H6O2S/c8-5-6(9)4-7-2-1-3-10-7/h1-3,5H,4H2. The van der Waals surface area contributed by atoms with Crippen LogP contribution in [-0.2, 0) is 16.0 Å². The molecule has 0 aliphatic carbocycles. The third kappa shape index (κ3) is 1.77. The normalized spacial score (nSPS) is 9.20. The zero-order chi connectivity index (χ0) is 7.40. The Morgan fingerprint density at radius 1 is 1.70 bits per heavy atom. The highest BCUT2D eigenvalue weighted by atomic mass is 32.1. The number of aldehydes is 1. The highest BCUT2D eigenvalue weighted by Crippen LogP contribution is 2.08. The molecule has 3 heteroatoms. The molecule has 0 bridgehead atoms. The van der Waals surface area contributed by atoms with Gasteiger partial charge in [-0.2, -0.15) is 0 Å². The molecule has 0 amide bonds. The quantitative estimate of drug-likeness (QED) is 0.482. The van der Waals surface area contributed by atoms with Crippen molar-refractivity contribution in [2.24, 2.45) is 0 Å². The maximum absolute atomic E-state index is 10.5. The summed E-state index contributed by atoms with van der Waals surface area (Å²) in [6.07, 6.45) is 0.612. The minimum absolute atomic E-state index is 0.251. The number of carbonyl (C=O) groups is 2. The Morgan fingerprint density at radius 2 is 2.50 bits per heavy atom. The SMILES string of the molecule is O=CC(=O)Cc1cccs1. The summed E-state index contributed by atoms with van der Waals surface area (Å²) in [5, 5.41) is 1.88. The molecular weight excluding hydrogens is 148 g/mol. The first-order valence-corrected chi connectivity index (χ1v) is 3.71. The molecule has 1 aromatic rings. The summed E-state index contributed by atoms with van der Waals surface area (Å²) in [4.78, 5) is 21.3. The van der Waals surface area contributed by atoms with Gasteiger partial charge >= 0.3 is 0 Å². The van der Waals surface area contributed by atoms with E-state index in [0.717, 1.165) is 4.88 Å². The summed E-state index contributed by atoms with van der Waals surface area (Å²) >= 11 is 1.49. The van der Waals surface area contributed by atoms with Gasteiger partial charge in [-0.1, -0.05) is 6.07 Å². The number of carbonyl (C=O) groups excluding carboxylic acids is 2. The average molecular weight is 154 g/mol. The lowest BCUT2D eigenvalue weighted by Gasteiger charge is -1.85. The van der Waals surface area contributed by atoms with Gasteiger partial charge in [-0.25, -0.2) is 0 Å². The van der Waals surface area contributed by atoms with Gasteiger partial charge in [0.25, 0.3) is 0 Å². The molecule has 52 valence electrons. The van der Waals surface area contributed by atoms with Crippen LogP contribution in [0.1, 0.15) is 4.88 Å². The molecule has 0 radical (unpaired) electrons. The van der Waals surface area contributed by atoms with Crippen LogP contribution in [0.25, 0.3) is 0 Å². The van der Waals surface area contributed by atoms with E-state index in [-0.39, 0.29) is 12.2 Å². The molecule has 2 nitrogen and oxygen atoms in total. The minimum atomic E-state index is -0.359. The van der Waals surface area contributed by atoms with E-state index in [9.17, 15) is 9.59 Å². The highest BCUT2D eigenvalue weighted by Gasteiger charge is 2.00. The first kappa shape index (κ1) is 7.15. The maximum Gasteiger partial charge on any atom is 0.200 e. The van der Waals surface area contributed by atoms with Crippen LogP contribution in [0.4, 0.5) is 0 Å². The predicted molar refractivity (Wildman–Crippen MR) is 39.1 cm³/mol. The van der Waals surface area contributed by atoms with Gasteiger partial charge in [-0.3, -0.25) is 9.59 Å². The van der Waals surface area contributed by atoms with E-state index >= 15 is 0 Å². The molecule has 0 saturated carbocycles. The smallest absolute Gasteiger partial charge is 0.200 e. The summed E-state index contributed by atoms with van der Waals surface area (Å²) in [6.45, 7) is 0. The van der Waals surface area contributed by atoms with Gasteiger partial charge in [0, 0.05) is 11.3 Å². The summed E-state index contributed by atoms with van der Waals surface area (Å²) in [5.41, 5.74) is 0. The van der Waals surface area contributed by atoms with Crippen LogP contribution in [0.5, 0.6) is 0 Å². The van der Waals surface area contributed by atoms with E-state index < -0.39 is 0 Å². The van der Waals surface area contributed by atoms with Crippen molar-refractivity contribution in [1.82, 2.24) is 0 Å². The van der Waals surface area contributed by atoms with Crippen LogP contribution < -0.4 is 0 Å². The third-order valence-electron chi connectivity index (χ3n) is 1.06. The lowest BCUT2D eigenvalue weighted by molar-refractivity contribution is -0.129. The molecule has 1 heterocycles. The van der Waals surface area contributed by atoms with Crippen molar-refractivity contribution in [2.45, 2.75) is 6.42 Å². The lowest BCUT2D eigenvalue weighted by Crippen LogP contribution is -2.00. The molecule has 0 atom stereocenters. The Morgan fingerprint density at radius 3 is 3.00 bits per heavy atom. The predicted octanol–water partition coefficient (Wildman–Crippen LogP) is 1.06. The number of ketones is 1. The Hall–Kier alpha value is -0.960. The van der Waals surface area contributed by atoms with Crippen molar-refractivity contribution in [3.8, 4) is 0 Å². The number of hydrogen-bond acceptors (Lipinski definition) is 3. The van der Waals surface area contributed by atoms with Crippen molar-refractivity contribution < 1.29 is 9.59 Å². The van der Waals surface area contributed by atoms with Gasteiger partial charge in [-0.05, 0) is 11.4 Å². The minimum Gasteiger partial charge on any atom is -0.295 e. The van der Waals surface area contributed by atoms with Crippen molar-refractivity contribution in [1.29, 1.82) is 0 Å². The van der Waals surface area contributed by atoms with Crippen molar-refractivity contribution in [2.75, 3.05) is 0 Å². The van der Waals surface area contributed by atoms with Crippen molar-refractivity contribution in [3.63, 3.8) is 0 Å². The van der Waals surface area contributed by atoms with Crippen LogP contribution in [0.3, 0.4) is 0 Å². The summed E-state index contributed by atoms with van der Waals surface area (Å²) in [5.74, 6) is -0.359. The van der Waals surface area contributed by atoms with Crippen LogP contribution in [0, 0.1) is 0 Å². The van der Waals surface area contributed by atoms with Crippen LogP contribution >= 0.6 is 11.3 Å². The molecule has 0 aromatic carbocycles. The molecular formula is C7H6O2S. The molecule has 10 heavy (non-hydrogen) atoms. The fourth-order valence-corrected chi connectivity index (χ4v) is 1.34. The van der Waals surface area contributed by atoms with Crippen molar-refractivity contribution in [3.05, 3.63) is 22.4 Å². The van der Waals surface area contributed by atoms with Crippen LogP contribution in [-0.4, -0.2) is 12.1 Å². The lowest BCUT2D eigenvalue weighted by atomic mass is 10.3. The zero-order valence-electron chi connectivity index (χ0n) is 5.24. The largest absolute Gasteiger partial charge is 0.295 e. The summed E-state index contributed by atoms with van der Waals surface area (Å²) in [7, 11) is 0. The summed E-state index contributed by atoms with van der Waals surface area (Å²) < 4.78 is 0. The number of rotatable bonds is 3. The third-order valence-corrected chi connectivity index (χ3v) is 1.94. The van der Waals surface area contributed by atoms with Crippen LogP contribution in [0.2, 0.25) is 0 Å². The van der Waals surface area contributed by atoms with E-state index in [1.165, 1.54) is 11.3 Å². The first-order chi connectivity index (χ1) is 4.83. The van der Waals surface area contributed by atoms with Gasteiger partial charge < -0.3 is 0 Å². The second-order valence-electron chi connectivity index (χ2n) is 1.84. The van der Waals surface area contributed by atoms with Gasteiger partial charge in [0.05, 0.1) is 0 Å². The Labute approximate surface area is 62.5 Å². The molecule has 0 aliphatic rings.